The molecule has 0 bridgehead atoms. The average molecular weight is 352 g/mol. The molecule has 0 N–H and O–H groups in total. The minimum absolute atomic E-state index is 0.0281. The zero-order valence-electron chi connectivity index (χ0n) is 13.6. The van der Waals surface area contributed by atoms with Crippen molar-refractivity contribution in [3.8, 4) is 5.75 Å². The predicted octanol–water partition coefficient (Wildman–Crippen LogP) is 4.69. The van der Waals surface area contributed by atoms with Gasteiger partial charge in [-0.1, -0.05) is 42.5 Å². The van der Waals surface area contributed by atoms with Crippen LogP contribution in [0.2, 0.25) is 0 Å². The number of carbonyl (C=O) groups is 1. The molecule has 0 atom stereocenters. The topological polar surface area (TPSA) is 35.5 Å². The molecular formula is C19H19F3O3. The molecular weight excluding hydrogens is 333 g/mol. The van der Waals surface area contributed by atoms with E-state index < -0.39 is 18.4 Å². The minimum Gasteiger partial charge on any atom is -0.494 e. The molecule has 0 radical (unpaired) electrons. The fraction of sp³-hybridized carbons (Fsp3) is 0.316. The van der Waals surface area contributed by atoms with Crippen molar-refractivity contribution in [2.45, 2.75) is 32.2 Å². The number of hydrogen-bond acceptors (Lipinski definition) is 3. The van der Waals surface area contributed by atoms with E-state index in [0.717, 1.165) is 11.1 Å². The van der Waals surface area contributed by atoms with Crippen LogP contribution in [-0.4, -0.2) is 18.6 Å². The standard InChI is InChI=1S/C19H19F3O3/c20-19(21,22)18(23)7-4-12-25-17-10-8-16(9-11-17)14-24-13-15-5-2-1-3-6-15/h1-3,5-6,8-11H,4,7,12-14H2. The molecule has 0 spiro atoms. The molecule has 2 rings (SSSR count). The Balaban J connectivity index is 1.66. The Morgan fingerprint density at radius 2 is 1.48 bits per heavy atom. The number of halogens is 3. The molecule has 0 aromatic heterocycles. The Labute approximate surface area is 144 Å². The van der Waals surface area contributed by atoms with Gasteiger partial charge in [-0.05, 0) is 29.7 Å². The summed E-state index contributed by atoms with van der Waals surface area (Å²) in [7, 11) is 0. The van der Waals surface area contributed by atoms with Crippen molar-refractivity contribution in [3.05, 3.63) is 65.7 Å². The summed E-state index contributed by atoms with van der Waals surface area (Å²) in [5.74, 6) is -1.17. The number of alkyl halides is 3. The van der Waals surface area contributed by atoms with E-state index in [9.17, 15) is 18.0 Å². The molecule has 0 unspecified atom stereocenters. The van der Waals surface area contributed by atoms with Gasteiger partial charge in [0.25, 0.3) is 0 Å². The van der Waals surface area contributed by atoms with Crippen molar-refractivity contribution in [2.24, 2.45) is 0 Å². The zero-order chi connectivity index (χ0) is 18.1. The first-order chi connectivity index (χ1) is 11.9. The van der Waals surface area contributed by atoms with Crippen molar-refractivity contribution < 1.29 is 27.4 Å². The molecule has 0 aliphatic rings. The van der Waals surface area contributed by atoms with Crippen LogP contribution in [-0.2, 0) is 22.7 Å². The van der Waals surface area contributed by atoms with E-state index in [1.807, 2.05) is 42.5 Å². The third kappa shape index (κ3) is 6.97. The Hall–Kier alpha value is -2.34. The smallest absolute Gasteiger partial charge is 0.449 e. The summed E-state index contributed by atoms with van der Waals surface area (Å²) >= 11 is 0. The second-order valence-corrected chi connectivity index (χ2v) is 5.50. The van der Waals surface area contributed by atoms with Gasteiger partial charge in [0.05, 0.1) is 19.8 Å². The molecule has 0 saturated heterocycles. The molecule has 2 aromatic rings. The quantitative estimate of drug-likeness (QED) is 0.614. The number of rotatable bonds is 9. The molecule has 0 saturated carbocycles. The van der Waals surface area contributed by atoms with Gasteiger partial charge in [-0.3, -0.25) is 4.79 Å². The monoisotopic (exact) mass is 352 g/mol. The number of Topliss-reactive ketones (excluding diaryl/α,β-unsaturated/α-hetero) is 1. The highest BCUT2D eigenvalue weighted by Gasteiger charge is 2.37. The van der Waals surface area contributed by atoms with Gasteiger partial charge in [-0.25, -0.2) is 0 Å². The summed E-state index contributed by atoms with van der Waals surface area (Å²) in [4.78, 5) is 10.7. The summed E-state index contributed by atoms with van der Waals surface area (Å²) in [5.41, 5.74) is 2.06. The van der Waals surface area contributed by atoms with E-state index >= 15 is 0 Å². The second-order valence-electron chi connectivity index (χ2n) is 5.50. The third-order valence-corrected chi connectivity index (χ3v) is 3.44. The number of carbonyl (C=O) groups excluding carboxylic acids is 1. The summed E-state index contributed by atoms with van der Waals surface area (Å²) < 4.78 is 47.1. The van der Waals surface area contributed by atoms with E-state index in [2.05, 4.69) is 0 Å². The Bertz CT molecular complexity index is 652. The normalized spacial score (nSPS) is 11.3. The molecule has 0 heterocycles. The lowest BCUT2D eigenvalue weighted by Gasteiger charge is -2.08. The predicted molar refractivity (Wildman–Crippen MR) is 87.2 cm³/mol. The first-order valence-electron chi connectivity index (χ1n) is 7.88. The molecule has 25 heavy (non-hydrogen) atoms. The lowest BCUT2D eigenvalue weighted by molar-refractivity contribution is -0.171. The van der Waals surface area contributed by atoms with Crippen molar-refractivity contribution in [1.82, 2.24) is 0 Å². The van der Waals surface area contributed by atoms with E-state index in [-0.39, 0.29) is 13.0 Å². The van der Waals surface area contributed by atoms with E-state index in [4.69, 9.17) is 9.47 Å². The van der Waals surface area contributed by atoms with Gasteiger partial charge in [-0.2, -0.15) is 13.2 Å². The van der Waals surface area contributed by atoms with E-state index in [1.165, 1.54) is 0 Å². The SMILES string of the molecule is O=C(CCCOc1ccc(COCc2ccccc2)cc1)C(F)(F)F. The van der Waals surface area contributed by atoms with Crippen molar-refractivity contribution in [3.63, 3.8) is 0 Å². The van der Waals surface area contributed by atoms with Crippen LogP contribution in [0.15, 0.2) is 54.6 Å². The van der Waals surface area contributed by atoms with Gasteiger partial charge in [0.2, 0.25) is 5.78 Å². The van der Waals surface area contributed by atoms with Crippen LogP contribution in [0.3, 0.4) is 0 Å². The first kappa shape index (κ1) is 19.0. The molecule has 3 nitrogen and oxygen atoms in total. The third-order valence-electron chi connectivity index (χ3n) is 3.44. The van der Waals surface area contributed by atoms with Crippen molar-refractivity contribution in [2.75, 3.05) is 6.61 Å². The molecule has 6 heteroatoms. The molecule has 0 amide bonds. The van der Waals surface area contributed by atoms with E-state index in [1.54, 1.807) is 12.1 Å². The van der Waals surface area contributed by atoms with Crippen LogP contribution >= 0.6 is 0 Å². The van der Waals surface area contributed by atoms with Crippen LogP contribution in [0.25, 0.3) is 0 Å². The van der Waals surface area contributed by atoms with Crippen molar-refractivity contribution in [1.29, 1.82) is 0 Å². The molecule has 0 aliphatic carbocycles. The number of ketones is 1. The van der Waals surface area contributed by atoms with Gasteiger partial charge in [0.1, 0.15) is 5.75 Å². The van der Waals surface area contributed by atoms with Crippen LogP contribution < -0.4 is 4.74 Å². The first-order valence-corrected chi connectivity index (χ1v) is 7.88. The zero-order valence-corrected chi connectivity index (χ0v) is 13.6. The Kier molecular flexibility index (Phi) is 7.01. The minimum atomic E-state index is -4.76. The Morgan fingerprint density at radius 3 is 2.08 bits per heavy atom. The summed E-state index contributed by atoms with van der Waals surface area (Å²) in [6, 6.07) is 16.9. The summed E-state index contributed by atoms with van der Waals surface area (Å²) in [6.07, 6.45) is -5.30. The van der Waals surface area contributed by atoms with Gasteiger partial charge in [0.15, 0.2) is 0 Å². The lowest BCUT2D eigenvalue weighted by Crippen LogP contribution is -2.22. The molecule has 0 fully saturated rings. The number of hydrogen-bond donors (Lipinski definition) is 0. The van der Waals surface area contributed by atoms with Gasteiger partial charge < -0.3 is 9.47 Å². The highest BCUT2D eigenvalue weighted by Crippen LogP contribution is 2.19. The maximum Gasteiger partial charge on any atom is 0.449 e. The van der Waals surface area contributed by atoms with Gasteiger partial charge in [-0.15, -0.1) is 0 Å². The van der Waals surface area contributed by atoms with E-state index in [0.29, 0.717) is 19.0 Å². The average Bonchev–Trinajstić information content (AvgIpc) is 2.60. The number of benzene rings is 2. The largest absolute Gasteiger partial charge is 0.494 e. The molecule has 134 valence electrons. The maximum absolute atomic E-state index is 12.1. The Morgan fingerprint density at radius 1 is 0.880 bits per heavy atom. The lowest BCUT2D eigenvalue weighted by atomic mass is 10.2. The highest BCUT2D eigenvalue weighted by molar-refractivity contribution is 5.83. The highest BCUT2D eigenvalue weighted by atomic mass is 19.4. The molecule has 2 aromatic carbocycles. The van der Waals surface area contributed by atoms with Gasteiger partial charge in [0, 0.05) is 6.42 Å². The molecule has 0 aliphatic heterocycles. The van der Waals surface area contributed by atoms with Crippen LogP contribution in [0.1, 0.15) is 24.0 Å². The number of ether oxygens (including phenoxy) is 2. The maximum atomic E-state index is 12.1. The summed E-state index contributed by atoms with van der Waals surface area (Å²) in [6.45, 7) is 1.03. The van der Waals surface area contributed by atoms with Gasteiger partial charge >= 0.3 is 6.18 Å². The second kappa shape index (κ2) is 9.22. The van der Waals surface area contributed by atoms with Crippen LogP contribution in [0, 0.1) is 0 Å². The fourth-order valence-electron chi connectivity index (χ4n) is 2.11. The van der Waals surface area contributed by atoms with Crippen LogP contribution in [0.4, 0.5) is 13.2 Å². The van der Waals surface area contributed by atoms with Crippen molar-refractivity contribution >= 4 is 5.78 Å². The fourth-order valence-corrected chi connectivity index (χ4v) is 2.11. The summed E-state index contributed by atoms with van der Waals surface area (Å²) in [5, 5.41) is 0. The van der Waals surface area contributed by atoms with Crippen LogP contribution in [0.5, 0.6) is 5.75 Å².